The van der Waals surface area contributed by atoms with Crippen molar-refractivity contribution < 1.29 is 9.59 Å². The van der Waals surface area contributed by atoms with Gasteiger partial charge in [-0.3, -0.25) is 19.4 Å². The summed E-state index contributed by atoms with van der Waals surface area (Å²) in [6.45, 7) is 0.937. The average Bonchev–Trinajstić information content (AvgIpc) is 2.61. The van der Waals surface area contributed by atoms with E-state index < -0.39 is 0 Å². The maximum Gasteiger partial charge on any atom is 0.270 e. The number of nitrogens with one attached hydrogen (secondary N) is 1. The average molecular weight is 311 g/mol. The number of hydrogen-bond acceptors (Lipinski definition) is 4. The highest BCUT2D eigenvalue weighted by atomic mass is 16.2. The van der Waals surface area contributed by atoms with E-state index in [1.807, 2.05) is 0 Å². The van der Waals surface area contributed by atoms with Crippen molar-refractivity contribution in [2.75, 3.05) is 13.1 Å². The number of aromatic nitrogens is 2. The third-order valence-electron chi connectivity index (χ3n) is 4.00. The molecule has 3 rings (SSSR count). The zero-order valence-corrected chi connectivity index (χ0v) is 12.6. The van der Waals surface area contributed by atoms with Crippen LogP contribution in [0.25, 0.3) is 0 Å². The zero-order chi connectivity index (χ0) is 16.2. The minimum Gasteiger partial charge on any atom is -0.337 e. The molecule has 0 aliphatic carbocycles. The van der Waals surface area contributed by atoms with Crippen molar-refractivity contribution in [3.63, 3.8) is 0 Å². The Labute approximate surface area is 133 Å². The standard InChI is InChI=1S/C17H17N3O3/c21-15-8-3-7-14(19-15)17(23)20-10-4-5-12(11-20)16(22)13-6-1-2-9-18-13/h1-3,6-9,12H,4-5,10-11H2,(H,19,21). The molecule has 0 spiro atoms. The Morgan fingerprint density at radius 3 is 2.78 bits per heavy atom. The summed E-state index contributed by atoms with van der Waals surface area (Å²) in [7, 11) is 0. The van der Waals surface area contributed by atoms with Gasteiger partial charge < -0.3 is 9.88 Å². The molecule has 1 aliphatic rings. The van der Waals surface area contributed by atoms with E-state index in [4.69, 9.17) is 0 Å². The number of H-pyrrole nitrogens is 1. The van der Waals surface area contributed by atoms with Gasteiger partial charge in [0, 0.05) is 31.3 Å². The number of ketones is 1. The SMILES string of the molecule is O=C(c1ccccn1)C1CCCN(C(=O)c2cccc(=O)[nH]2)C1. The molecule has 3 heterocycles. The van der Waals surface area contributed by atoms with E-state index in [2.05, 4.69) is 9.97 Å². The highest BCUT2D eigenvalue weighted by Gasteiger charge is 2.30. The van der Waals surface area contributed by atoms with Crippen LogP contribution in [0, 0.1) is 5.92 Å². The van der Waals surface area contributed by atoms with E-state index in [-0.39, 0.29) is 28.9 Å². The smallest absolute Gasteiger partial charge is 0.270 e. The molecule has 1 unspecified atom stereocenters. The molecule has 6 heteroatoms. The van der Waals surface area contributed by atoms with Crippen molar-refractivity contribution in [1.29, 1.82) is 0 Å². The second-order valence-electron chi connectivity index (χ2n) is 5.60. The number of aromatic amines is 1. The predicted molar refractivity (Wildman–Crippen MR) is 84.3 cm³/mol. The monoisotopic (exact) mass is 311 g/mol. The first kappa shape index (κ1) is 15.1. The number of piperidine rings is 1. The van der Waals surface area contributed by atoms with Crippen LogP contribution in [-0.4, -0.2) is 39.6 Å². The van der Waals surface area contributed by atoms with Gasteiger partial charge in [0.15, 0.2) is 5.78 Å². The van der Waals surface area contributed by atoms with Crippen LogP contribution in [0.5, 0.6) is 0 Å². The molecule has 1 aliphatic heterocycles. The number of rotatable bonds is 3. The Morgan fingerprint density at radius 2 is 2.04 bits per heavy atom. The molecule has 0 bridgehead atoms. The van der Waals surface area contributed by atoms with Crippen molar-refractivity contribution in [3.8, 4) is 0 Å². The fraction of sp³-hybridized carbons (Fsp3) is 0.294. The number of pyridine rings is 2. The van der Waals surface area contributed by atoms with Gasteiger partial charge in [-0.15, -0.1) is 0 Å². The molecule has 1 atom stereocenters. The number of carbonyl (C=O) groups excluding carboxylic acids is 2. The van der Waals surface area contributed by atoms with Crippen LogP contribution < -0.4 is 5.56 Å². The molecule has 23 heavy (non-hydrogen) atoms. The van der Waals surface area contributed by atoms with Crippen molar-refractivity contribution in [3.05, 3.63) is 64.3 Å². The van der Waals surface area contributed by atoms with Crippen LogP contribution >= 0.6 is 0 Å². The van der Waals surface area contributed by atoms with Crippen LogP contribution in [0.3, 0.4) is 0 Å². The maximum atomic E-state index is 12.5. The Hall–Kier alpha value is -2.76. The lowest BCUT2D eigenvalue weighted by atomic mass is 9.91. The molecular weight excluding hydrogens is 294 g/mol. The van der Waals surface area contributed by atoms with Gasteiger partial charge in [-0.05, 0) is 31.0 Å². The summed E-state index contributed by atoms with van der Waals surface area (Å²) in [5.41, 5.74) is 0.373. The number of Topliss-reactive ketones (excluding diaryl/α,β-unsaturated/α-hetero) is 1. The Morgan fingerprint density at radius 1 is 1.17 bits per heavy atom. The van der Waals surface area contributed by atoms with Crippen molar-refractivity contribution in [1.82, 2.24) is 14.9 Å². The topological polar surface area (TPSA) is 83.1 Å². The highest BCUT2D eigenvalue weighted by Crippen LogP contribution is 2.21. The van der Waals surface area contributed by atoms with E-state index in [0.717, 1.165) is 12.8 Å². The van der Waals surface area contributed by atoms with Crippen LogP contribution in [-0.2, 0) is 0 Å². The molecule has 0 saturated carbocycles. The second kappa shape index (κ2) is 6.56. The largest absolute Gasteiger partial charge is 0.337 e. The molecule has 1 saturated heterocycles. The third kappa shape index (κ3) is 3.36. The minimum atomic E-state index is -0.311. The summed E-state index contributed by atoms with van der Waals surface area (Å²) in [4.78, 5) is 44.6. The molecule has 2 aromatic heterocycles. The van der Waals surface area contributed by atoms with E-state index >= 15 is 0 Å². The first-order valence-electron chi connectivity index (χ1n) is 7.59. The number of nitrogens with zero attached hydrogens (tertiary/aromatic N) is 2. The van der Waals surface area contributed by atoms with Gasteiger partial charge in [-0.1, -0.05) is 12.1 Å². The van der Waals surface area contributed by atoms with Gasteiger partial charge in [-0.25, -0.2) is 0 Å². The van der Waals surface area contributed by atoms with Crippen LogP contribution in [0.2, 0.25) is 0 Å². The van der Waals surface area contributed by atoms with E-state index in [1.165, 1.54) is 6.07 Å². The normalized spacial score (nSPS) is 17.7. The molecule has 0 aromatic carbocycles. The molecule has 1 fully saturated rings. The van der Waals surface area contributed by atoms with E-state index in [9.17, 15) is 14.4 Å². The zero-order valence-electron chi connectivity index (χ0n) is 12.6. The Bertz CT molecular complexity index is 770. The third-order valence-corrected chi connectivity index (χ3v) is 4.00. The maximum absolute atomic E-state index is 12.5. The molecule has 2 aromatic rings. The van der Waals surface area contributed by atoms with Gasteiger partial charge in [-0.2, -0.15) is 0 Å². The first-order chi connectivity index (χ1) is 11.1. The molecule has 1 amide bonds. The van der Waals surface area contributed by atoms with Crippen LogP contribution in [0.1, 0.15) is 33.8 Å². The predicted octanol–water partition coefficient (Wildman–Crippen LogP) is 1.50. The Kier molecular flexibility index (Phi) is 4.32. The second-order valence-corrected chi connectivity index (χ2v) is 5.60. The van der Waals surface area contributed by atoms with Crippen molar-refractivity contribution in [2.45, 2.75) is 12.8 Å². The summed E-state index contributed by atoms with van der Waals surface area (Å²) < 4.78 is 0. The van der Waals surface area contributed by atoms with E-state index in [1.54, 1.807) is 41.4 Å². The van der Waals surface area contributed by atoms with Gasteiger partial charge in [0.2, 0.25) is 5.56 Å². The first-order valence-corrected chi connectivity index (χ1v) is 7.59. The fourth-order valence-corrected chi connectivity index (χ4v) is 2.84. The summed E-state index contributed by atoms with van der Waals surface area (Å²) in [6, 6.07) is 9.72. The number of likely N-dealkylation sites (tertiary alicyclic amines) is 1. The molecule has 118 valence electrons. The highest BCUT2D eigenvalue weighted by molar-refractivity contribution is 5.97. The molecule has 1 N–H and O–H groups in total. The summed E-state index contributed by atoms with van der Waals surface area (Å²) in [5, 5.41) is 0. The molecular formula is C17H17N3O3. The van der Waals surface area contributed by atoms with Gasteiger partial charge in [0.25, 0.3) is 5.91 Å². The molecule has 0 radical (unpaired) electrons. The van der Waals surface area contributed by atoms with Crippen LogP contribution in [0.4, 0.5) is 0 Å². The van der Waals surface area contributed by atoms with Crippen molar-refractivity contribution in [2.24, 2.45) is 5.92 Å². The number of amides is 1. The summed E-state index contributed by atoms with van der Waals surface area (Å²) in [6.07, 6.45) is 3.09. The van der Waals surface area contributed by atoms with Gasteiger partial charge in [0.05, 0.1) is 0 Å². The minimum absolute atomic E-state index is 0.0374. The summed E-state index contributed by atoms with van der Waals surface area (Å²) >= 11 is 0. The lowest BCUT2D eigenvalue weighted by Gasteiger charge is -2.31. The summed E-state index contributed by atoms with van der Waals surface area (Å²) in [5.74, 6) is -0.538. The van der Waals surface area contributed by atoms with Gasteiger partial charge in [0.1, 0.15) is 11.4 Å². The van der Waals surface area contributed by atoms with Crippen LogP contribution in [0.15, 0.2) is 47.4 Å². The van der Waals surface area contributed by atoms with Gasteiger partial charge >= 0.3 is 0 Å². The number of hydrogen-bond donors (Lipinski definition) is 1. The van der Waals surface area contributed by atoms with E-state index in [0.29, 0.717) is 18.8 Å². The lowest BCUT2D eigenvalue weighted by molar-refractivity contribution is 0.0630. The Balaban J connectivity index is 1.74. The quantitative estimate of drug-likeness (QED) is 0.871. The number of carbonyl (C=O) groups is 2. The fourth-order valence-electron chi connectivity index (χ4n) is 2.84. The van der Waals surface area contributed by atoms with Crippen molar-refractivity contribution >= 4 is 11.7 Å². The molecule has 6 nitrogen and oxygen atoms in total. The lowest BCUT2D eigenvalue weighted by Crippen LogP contribution is -2.43.